The van der Waals surface area contributed by atoms with Crippen LogP contribution in [0.4, 0.5) is 0 Å². The summed E-state index contributed by atoms with van der Waals surface area (Å²) in [6.45, 7) is 0.403. The Morgan fingerprint density at radius 3 is 2.45 bits per heavy atom. The van der Waals surface area contributed by atoms with E-state index in [1.807, 2.05) is 66.9 Å². The maximum absolute atomic E-state index is 12.8. The Kier molecular flexibility index (Phi) is 4.88. The van der Waals surface area contributed by atoms with E-state index in [1.54, 1.807) is 0 Å². The first kappa shape index (κ1) is 18.9. The van der Waals surface area contributed by atoms with Gasteiger partial charge in [-0.05, 0) is 29.3 Å². The van der Waals surface area contributed by atoms with E-state index < -0.39 is 0 Å². The maximum atomic E-state index is 12.8. The number of para-hydroxylation sites is 3. The van der Waals surface area contributed by atoms with Gasteiger partial charge in [0.2, 0.25) is 5.91 Å². The van der Waals surface area contributed by atoms with E-state index in [4.69, 9.17) is 0 Å². The van der Waals surface area contributed by atoms with Crippen molar-refractivity contribution in [2.45, 2.75) is 12.5 Å². The van der Waals surface area contributed by atoms with Crippen LogP contribution >= 0.6 is 0 Å². The van der Waals surface area contributed by atoms with E-state index in [9.17, 15) is 9.59 Å². The van der Waals surface area contributed by atoms with Crippen LogP contribution in [0.25, 0.3) is 21.9 Å². The second kappa shape index (κ2) is 7.99. The number of rotatable bonds is 6. The van der Waals surface area contributed by atoms with Gasteiger partial charge in [-0.3, -0.25) is 9.36 Å². The Hall–Kier alpha value is -4.06. The molecule has 0 aliphatic rings. The molecule has 0 fully saturated rings. The third kappa shape index (κ3) is 3.64. The van der Waals surface area contributed by atoms with E-state index in [2.05, 4.69) is 33.5 Å². The third-order valence-electron chi connectivity index (χ3n) is 5.69. The second-order valence-electron chi connectivity index (χ2n) is 7.59. The summed E-state index contributed by atoms with van der Waals surface area (Å²) in [5, 5.41) is 4.18. The van der Waals surface area contributed by atoms with Crippen molar-refractivity contribution in [2.24, 2.45) is 0 Å². The SMILES string of the molecule is O=C(Cn1c(=O)[nH]c2ccccc21)NCC(c1ccccc1)c1c[nH]c2ccccc12. The van der Waals surface area contributed by atoms with Gasteiger partial charge in [-0.2, -0.15) is 0 Å². The summed E-state index contributed by atoms with van der Waals surface area (Å²) < 4.78 is 1.47. The molecule has 1 atom stereocenters. The summed E-state index contributed by atoms with van der Waals surface area (Å²) in [6, 6.07) is 25.7. The highest BCUT2D eigenvalue weighted by molar-refractivity contribution is 5.84. The first-order valence-electron chi connectivity index (χ1n) is 10.3. The normalized spacial score (nSPS) is 12.3. The lowest BCUT2D eigenvalue weighted by atomic mass is 9.91. The van der Waals surface area contributed by atoms with Crippen molar-refractivity contribution < 1.29 is 4.79 Å². The Morgan fingerprint density at radius 1 is 0.903 bits per heavy atom. The van der Waals surface area contributed by atoms with Gasteiger partial charge in [-0.15, -0.1) is 0 Å². The maximum Gasteiger partial charge on any atom is 0.326 e. The van der Waals surface area contributed by atoms with E-state index in [-0.39, 0.29) is 24.1 Å². The number of carbonyl (C=O) groups is 1. The minimum Gasteiger partial charge on any atom is -0.361 e. The topological polar surface area (TPSA) is 82.7 Å². The van der Waals surface area contributed by atoms with Crippen LogP contribution in [0.15, 0.2) is 89.9 Å². The third-order valence-corrected chi connectivity index (χ3v) is 5.69. The number of imidazole rings is 1. The van der Waals surface area contributed by atoms with Gasteiger partial charge in [0, 0.05) is 29.6 Å². The van der Waals surface area contributed by atoms with E-state index >= 15 is 0 Å². The molecule has 3 N–H and O–H groups in total. The summed E-state index contributed by atoms with van der Waals surface area (Å²) in [5.74, 6) is -0.214. The van der Waals surface area contributed by atoms with Gasteiger partial charge in [-0.1, -0.05) is 60.7 Å². The molecule has 0 spiro atoms. The van der Waals surface area contributed by atoms with Gasteiger partial charge in [0.15, 0.2) is 0 Å². The van der Waals surface area contributed by atoms with Gasteiger partial charge >= 0.3 is 5.69 Å². The average Bonchev–Trinajstić information content (AvgIpc) is 3.36. The molecule has 0 aliphatic carbocycles. The molecule has 5 rings (SSSR count). The van der Waals surface area contributed by atoms with Gasteiger partial charge in [-0.25, -0.2) is 4.79 Å². The number of aromatic amines is 2. The number of fused-ring (bicyclic) bond motifs is 2. The molecule has 0 radical (unpaired) electrons. The van der Waals surface area contributed by atoms with E-state index in [0.29, 0.717) is 6.54 Å². The van der Waals surface area contributed by atoms with Crippen molar-refractivity contribution in [3.63, 3.8) is 0 Å². The molecule has 6 heteroatoms. The molecule has 0 bridgehead atoms. The quantitative estimate of drug-likeness (QED) is 0.398. The number of amides is 1. The molecule has 5 aromatic rings. The predicted octanol–water partition coefficient (Wildman–Crippen LogP) is 3.76. The number of H-pyrrole nitrogens is 2. The first-order chi connectivity index (χ1) is 15.2. The zero-order valence-electron chi connectivity index (χ0n) is 16.8. The fourth-order valence-electron chi connectivity index (χ4n) is 4.15. The fourth-order valence-corrected chi connectivity index (χ4v) is 4.15. The van der Waals surface area contributed by atoms with Gasteiger partial charge < -0.3 is 15.3 Å². The van der Waals surface area contributed by atoms with Crippen molar-refractivity contribution in [3.05, 3.63) is 107 Å². The number of carbonyl (C=O) groups excluding carboxylic acids is 1. The number of hydrogen-bond acceptors (Lipinski definition) is 2. The van der Waals surface area contributed by atoms with Crippen LogP contribution in [-0.4, -0.2) is 27.0 Å². The molecule has 0 saturated carbocycles. The van der Waals surface area contributed by atoms with Crippen molar-refractivity contribution in [1.82, 2.24) is 19.9 Å². The average molecular weight is 410 g/mol. The van der Waals surface area contributed by atoms with Crippen LogP contribution in [0.3, 0.4) is 0 Å². The highest BCUT2D eigenvalue weighted by atomic mass is 16.2. The summed E-state index contributed by atoms with van der Waals surface area (Å²) >= 11 is 0. The largest absolute Gasteiger partial charge is 0.361 e. The van der Waals surface area contributed by atoms with Crippen LogP contribution in [-0.2, 0) is 11.3 Å². The summed E-state index contributed by atoms with van der Waals surface area (Å²) in [6.07, 6.45) is 2.01. The standard InChI is InChI=1S/C25H22N4O2/c30-24(16-29-23-13-7-6-12-22(23)28-25(29)31)27-14-19(17-8-2-1-3-9-17)20-15-26-21-11-5-4-10-18(20)21/h1-13,15,19,26H,14,16H2,(H,27,30)(H,28,31). The fraction of sp³-hybridized carbons (Fsp3) is 0.120. The minimum absolute atomic E-state index is 0.0130. The molecular formula is C25H22N4O2. The predicted molar refractivity (Wildman–Crippen MR) is 122 cm³/mol. The van der Waals surface area contributed by atoms with E-state index in [0.717, 1.165) is 33.1 Å². The number of hydrogen-bond donors (Lipinski definition) is 3. The number of benzene rings is 3. The van der Waals surface area contributed by atoms with Crippen LogP contribution in [0.2, 0.25) is 0 Å². The lowest BCUT2D eigenvalue weighted by Crippen LogP contribution is -2.34. The zero-order chi connectivity index (χ0) is 21.2. The molecule has 154 valence electrons. The molecule has 2 aromatic heterocycles. The van der Waals surface area contributed by atoms with Crippen LogP contribution in [0.5, 0.6) is 0 Å². The van der Waals surface area contributed by atoms with Crippen LogP contribution in [0, 0.1) is 0 Å². The summed E-state index contributed by atoms with van der Waals surface area (Å²) in [7, 11) is 0. The zero-order valence-corrected chi connectivity index (χ0v) is 16.8. The van der Waals surface area contributed by atoms with Crippen molar-refractivity contribution in [3.8, 4) is 0 Å². The first-order valence-corrected chi connectivity index (χ1v) is 10.3. The van der Waals surface area contributed by atoms with E-state index in [1.165, 1.54) is 4.57 Å². The second-order valence-corrected chi connectivity index (χ2v) is 7.59. The highest BCUT2D eigenvalue weighted by Gasteiger charge is 2.19. The molecule has 31 heavy (non-hydrogen) atoms. The van der Waals surface area contributed by atoms with Crippen LogP contribution < -0.4 is 11.0 Å². The number of aromatic nitrogens is 3. The Morgan fingerprint density at radius 2 is 1.61 bits per heavy atom. The molecule has 6 nitrogen and oxygen atoms in total. The molecule has 0 aliphatic heterocycles. The number of nitrogens with zero attached hydrogens (tertiary/aromatic N) is 1. The smallest absolute Gasteiger partial charge is 0.326 e. The lowest BCUT2D eigenvalue weighted by Gasteiger charge is -2.18. The van der Waals surface area contributed by atoms with Gasteiger partial charge in [0.25, 0.3) is 0 Å². The molecule has 3 aromatic carbocycles. The van der Waals surface area contributed by atoms with Crippen molar-refractivity contribution >= 4 is 27.8 Å². The molecular weight excluding hydrogens is 388 g/mol. The summed E-state index contributed by atoms with van der Waals surface area (Å²) in [5.41, 5.74) is 4.48. The molecule has 2 heterocycles. The Bertz CT molecular complexity index is 1410. The minimum atomic E-state index is -0.285. The molecule has 1 amide bonds. The highest BCUT2D eigenvalue weighted by Crippen LogP contribution is 2.30. The lowest BCUT2D eigenvalue weighted by molar-refractivity contribution is -0.121. The summed E-state index contributed by atoms with van der Waals surface area (Å²) in [4.78, 5) is 31.2. The Labute approximate surface area is 178 Å². The monoisotopic (exact) mass is 410 g/mol. The van der Waals surface area contributed by atoms with Crippen molar-refractivity contribution in [2.75, 3.05) is 6.54 Å². The van der Waals surface area contributed by atoms with Crippen molar-refractivity contribution in [1.29, 1.82) is 0 Å². The Balaban J connectivity index is 1.40. The number of nitrogens with one attached hydrogen (secondary N) is 3. The van der Waals surface area contributed by atoms with Crippen LogP contribution in [0.1, 0.15) is 17.0 Å². The van der Waals surface area contributed by atoms with Gasteiger partial charge in [0.1, 0.15) is 6.54 Å². The van der Waals surface area contributed by atoms with Gasteiger partial charge in [0.05, 0.1) is 11.0 Å². The molecule has 0 saturated heterocycles. The molecule has 1 unspecified atom stereocenters.